The predicted molar refractivity (Wildman–Crippen MR) is 119 cm³/mol. The van der Waals surface area contributed by atoms with Gasteiger partial charge in [0.05, 0.1) is 11.3 Å². The maximum absolute atomic E-state index is 12.6. The highest BCUT2D eigenvalue weighted by Crippen LogP contribution is 2.66. The Kier molecular flexibility index (Phi) is 4.47. The Bertz CT molecular complexity index is 1110. The number of carbonyl (C=O) groups is 1. The summed E-state index contributed by atoms with van der Waals surface area (Å²) in [5, 5.41) is 4.46. The van der Waals surface area contributed by atoms with Gasteiger partial charge in [-0.15, -0.1) is 0 Å². The predicted octanol–water partition coefficient (Wildman–Crippen LogP) is 5.78. The van der Waals surface area contributed by atoms with Crippen molar-refractivity contribution in [3.8, 4) is 11.5 Å². The second-order valence-electron chi connectivity index (χ2n) is 9.54. The van der Waals surface area contributed by atoms with Crippen LogP contribution >= 0.6 is 0 Å². The van der Waals surface area contributed by atoms with Crippen LogP contribution in [-0.2, 0) is 4.84 Å². The lowest BCUT2D eigenvalue weighted by molar-refractivity contribution is 0.0509. The lowest BCUT2D eigenvalue weighted by Crippen LogP contribution is -2.33. The van der Waals surface area contributed by atoms with Crippen molar-refractivity contribution in [1.29, 1.82) is 0 Å². The molecule has 0 amide bonds. The third-order valence-corrected chi connectivity index (χ3v) is 7.62. The molecule has 2 unspecified atom stereocenters. The molecule has 2 aliphatic carbocycles. The van der Waals surface area contributed by atoms with E-state index in [1.165, 1.54) is 0 Å². The van der Waals surface area contributed by atoms with Gasteiger partial charge in [0.2, 0.25) is 6.79 Å². The fourth-order valence-electron chi connectivity index (χ4n) is 5.29. The third kappa shape index (κ3) is 3.06. The molecule has 2 aromatic rings. The molecule has 3 aliphatic rings. The molecule has 5 nitrogen and oxygen atoms in total. The highest BCUT2D eigenvalue weighted by molar-refractivity contribution is 6.11. The first-order valence-corrected chi connectivity index (χ1v) is 10.8. The van der Waals surface area contributed by atoms with Crippen molar-refractivity contribution in [3.05, 3.63) is 64.7 Å². The SMILES string of the molecule is Cc1ccc(C(=O)O/N=C2/C(=C/c3ccc4c(c3)OCO4)C3CCC2(C)C3(C)C)cc1. The molecule has 2 fully saturated rings. The van der Waals surface area contributed by atoms with E-state index in [2.05, 4.69) is 32.0 Å². The Balaban J connectivity index is 1.51. The van der Waals surface area contributed by atoms with Gasteiger partial charge in [-0.3, -0.25) is 0 Å². The summed E-state index contributed by atoms with van der Waals surface area (Å²) in [5.74, 6) is 1.45. The molecular formula is C26H27NO4. The lowest BCUT2D eigenvalue weighted by atomic mass is 9.70. The molecule has 0 radical (unpaired) electrons. The van der Waals surface area contributed by atoms with Gasteiger partial charge in [0.25, 0.3) is 0 Å². The van der Waals surface area contributed by atoms with E-state index in [1.54, 1.807) is 12.1 Å². The third-order valence-electron chi connectivity index (χ3n) is 7.62. The first kappa shape index (κ1) is 19.9. The number of fused-ring (bicyclic) bond motifs is 3. The van der Waals surface area contributed by atoms with Gasteiger partial charge in [0.15, 0.2) is 11.5 Å². The Morgan fingerprint density at radius 3 is 2.61 bits per heavy atom. The zero-order chi connectivity index (χ0) is 21.8. The summed E-state index contributed by atoms with van der Waals surface area (Å²) in [6.45, 7) is 9.07. The lowest BCUT2D eigenvalue weighted by Gasteiger charge is -2.33. The van der Waals surface area contributed by atoms with E-state index in [0.29, 0.717) is 11.5 Å². The van der Waals surface area contributed by atoms with Crippen LogP contribution in [0.4, 0.5) is 0 Å². The van der Waals surface area contributed by atoms with E-state index in [9.17, 15) is 4.79 Å². The molecular weight excluding hydrogens is 390 g/mol. The highest BCUT2D eigenvalue weighted by atomic mass is 16.7. The summed E-state index contributed by atoms with van der Waals surface area (Å²) < 4.78 is 11.0. The van der Waals surface area contributed by atoms with Crippen LogP contribution < -0.4 is 9.47 Å². The summed E-state index contributed by atoms with van der Waals surface area (Å²) in [7, 11) is 0. The van der Waals surface area contributed by atoms with E-state index in [-0.39, 0.29) is 17.6 Å². The maximum Gasteiger partial charge on any atom is 0.365 e. The van der Waals surface area contributed by atoms with E-state index in [4.69, 9.17) is 14.3 Å². The summed E-state index contributed by atoms with van der Waals surface area (Å²) in [6, 6.07) is 13.3. The van der Waals surface area contributed by atoms with Crippen LogP contribution in [0.5, 0.6) is 11.5 Å². The summed E-state index contributed by atoms with van der Waals surface area (Å²) in [5.41, 5.74) is 4.55. The van der Waals surface area contributed by atoms with Gasteiger partial charge in [-0.05, 0) is 72.6 Å². The molecule has 2 bridgehead atoms. The number of rotatable bonds is 3. The number of oxime groups is 1. The number of benzene rings is 2. The van der Waals surface area contributed by atoms with Gasteiger partial charge < -0.3 is 14.3 Å². The topological polar surface area (TPSA) is 57.1 Å². The molecule has 31 heavy (non-hydrogen) atoms. The summed E-state index contributed by atoms with van der Waals surface area (Å²) >= 11 is 0. The van der Waals surface area contributed by atoms with Gasteiger partial charge in [-0.2, -0.15) is 0 Å². The van der Waals surface area contributed by atoms with Crippen LogP contribution in [0.1, 0.15) is 55.1 Å². The number of ether oxygens (including phenoxy) is 2. The molecule has 0 aromatic heterocycles. The van der Waals surface area contributed by atoms with Crippen molar-refractivity contribution >= 4 is 17.8 Å². The smallest absolute Gasteiger partial charge is 0.365 e. The van der Waals surface area contributed by atoms with E-state index >= 15 is 0 Å². The largest absolute Gasteiger partial charge is 0.454 e. The van der Waals surface area contributed by atoms with Crippen LogP contribution in [0.2, 0.25) is 0 Å². The summed E-state index contributed by atoms with van der Waals surface area (Å²) in [4.78, 5) is 18.1. The minimum absolute atomic E-state index is 0.0320. The molecule has 1 heterocycles. The summed E-state index contributed by atoms with van der Waals surface area (Å²) in [6.07, 6.45) is 4.30. The molecule has 1 aliphatic heterocycles. The molecule has 5 heteroatoms. The second-order valence-corrected chi connectivity index (χ2v) is 9.54. The Morgan fingerprint density at radius 2 is 1.84 bits per heavy atom. The number of hydrogen-bond donors (Lipinski definition) is 0. The maximum atomic E-state index is 12.6. The first-order valence-electron chi connectivity index (χ1n) is 10.8. The number of nitrogens with zero attached hydrogens (tertiary/aromatic N) is 1. The standard InChI is InChI=1S/C26H27NO4/c1-16-5-8-18(9-6-16)24(28)31-27-23-19(20-11-12-26(23,4)25(20,2)3)13-17-7-10-21-22(14-17)30-15-29-21/h5-10,13-14,20H,11-12,15H2,1-4H3/b19-13+,27-23-. The van der Waals surface area contributed by atoms with Crippen LogP contribution in [0.25, 0.3) is 6.08 Å². The molecule has 2 aromatic carbocycles. The first-order chi connectivity index (χ1) is 14.8. The van der Waals surface area contributed by atoms with Crippen molar-refractivity contribution in [1.82, 2.24) is 0 Å². The molecule has 2 atom stereocenters. The van der Waals surface area contributed by atoms with E-state index in [1.807, 2.05) is 37.3 Å². The number of aryl methyl sites for hydroxylation is 1. The fourth-order valence-corrected chi connectivity index (χ4v) is 5.29. The van der Waals surface area contributed by atoms with Crippen LogP contribution in [0.15, 0.2) is 53.2 Å². The zero-order valence-corrected chi connectivity index (χ0v) is 18.4. The average Bonchev–Trinajstić information content (AvgIpc) is 3.34. The normalized spacial score (nSPS) is 27.8. The molecule has 160 valence electrons. The molecule has 5 rings (SSSR count). The number of allylic oxidation sites excluding steroid dienone is 1. The van der Waals surface area contributed by atoms with E-state index < -0.39 is 5.97 Å². The van der Waals surface area contributed by atoms with Crippen LogP contribution in [0, 0.1) is 23.7 Å². The van der Waals surface area contributed by atoms with E-state index in [0.717, 1.165) is 46.8 Å². The van der Waals surface area contributed by atoms with Gasteiger partial charge >= 0.3 is 5.97 Å². The van der Waals surface area contributed by atoms with Gasteiger partial charge in [0.1, 0.15) is 0 Å². The fraction of sp³-hybridized carbons (Fsp3) is 0.385. The van der Waals surface area contributed by atoms with Crippen molar-refractivity contribution in [2.75, 3.05) is 6.79 Å². The number of carbonyl (C=O) groups excluding carboxylic acids is 1. The van der Waals surface area contributed by atoms with Crippen molar-refractivity contribution in [3.63, 3.8) is 0 Å². The quantitative estimate of drug-likeness (QED) is 0.469. The average molecular weight is 418 g/mol. The minimum Gasteiger partial charge on any atom is -0.454 e. The van der Waals surface area contributed by atoms with Gasteiger partial charge in [-0.1, -0.05) is 49.7 Å². The Morgan fingerprint density at radius 1 is 1.10 bits per heavy atom. The van der Waals surface area contributed by atoms with Crippen molar-refractivity contribution in [2.24, 2.45) is 21.9 Å². The monoisotopic (exact) mass is 417 g/mol. The molecule has 2 saturated carbocycles. The zero-order valence-electron chi connectivity index (χ0n) is 18.4. The highest BCUT2D eigenvalue weighted by Gasteiger charge is 2.63. The number of hydrogen-bond acceptors (Lipinski definition) is 5. The van der Waals surface area contributed by atoms with Gasteiger partial charge in [-0.25, -0.2) is 4.79 Å². The molecule has 0 spiro atoms. The second kappa shape index (κ2) is 6.98. The van der Waals surface area contributed by atoms with Crippen LogP contribution in [-0.4, -0.2) is 18.5 Å². The Hall–Kier alpha value is -3.08. The minimum atomic E-state index is -0.431. The van der Waals surface area contributed by atoms with Gasteiger partial charge in [0, 0.05) is 5.41 Å². The molecule has 0 saturated heterocycles. The molecule has 0 N–H and O–H groups in total. The van der Waals surface area contributed by atoms with Crippen molar-refractivity contribution in [2.45, 2.75) is 40.5 Å². The Labute approximate surface area is 182 Å². The van der Waals surface area contributed by atoms with Crippen molar-refractivity contribution < 1.29 is 19.1 Å². The van der Waals surface area contributed by atoms with Crippen LogP contribution in [0.3, 0.4) is 0 Å².